The molecule has 4 nitrogen and oxygen atoms in total. The summed E-state index contributed by atoms with van der Waals surface area (Å²) in [6.07, 6.45) is 0.673. The molecular formula is C13H18N2O2. The van der Waals surface area contributed by atoms with E-state index in [0.29, 0.717) is 30.8 Å². The molecule has 3 N–H and O–H groups in total. The minimum absolute atomic E-state index is 0.0569. The Hall–Kier alpha value is -1.55. The lowest BCUT2D eigenvalue weighted by atomic mass is 9.90. The number of likely N-dealkylation sites (tertiary alicyclic amines) is 1. The molecule has 0 saturated carbocycles. The highest BCUT2D eigenvalue weighted by Crippen LogP contribution is 2.26. The Labute approximate surface area is 101 Å². The normalized spacial score (nSPS) is 17.7. The minimum Gasteiger partial charge on any atom is -0.399 e. The van der Waals surface area contributed by atoms with Crippen molar-refractivity contribution in [1.29, 1.82) is 0 Å². The number of amides is 1. The summed E-state index contributed by atoms with van der Waals surface area (Å²) in [4.78, 5) is 13.7. The number of hydrogen-bond acceptors (Lipinski definition) is 3. The van der Waals surface area contributed by atoms with Gasteiger partial charge in [-0.25, -0.2) is 0 Å². The van der Waals surface area contributed by atoms with Crippen LogP contribution in [0.4, 0.5) is 5.69 Å². The van der Waals surface area contributed by atoms with Crippen LogP contribution in [-0.4, -0.2) is 34.6 Å². The summed E-state index contributed by atoms with van der Waals surface area (Å²) < 4.78 is 0. The summed E-state index contributed by atoms with van der Waals surface area (Å²) in [6.45, 7) is 4.66. The SMILES string of the molecule is CCC1(O)CN(C(=O)c2cc(C)cc(N)c2)C1. The predicted molar refractivity (Wildman–Crippen MR) is 66.7 cm³/mol. The first kappa shape index (κ1) is 11.9. The second kappa shape index (κ2) is 4.04. The van der Waals surface area contributed by atoms with Crippen molar-refractivity contribution in [3.8, 4) is 0 Å². The van der Waals surface area contributed by atoms with Gasteiger partial charge in [-0.1, -0.05) is 6.92 Å². The Morgan fingerprint density at radius 2 is 2.12 bits per heavy atom. The number of nitrogens with zero attached hydrogens (tertiary/aromatic N) is 1. The van der Waals surface area contributed by atoms with Crippen molar-refractivity contribution >= 4 is 11.6 Å². The highest BCUT2D eigenvalue weighted by Gasteiger charge is 2.42. The summed E-state index contributed by atoms with van der Waals surface area (Å²) in [7, 11) is 0. The van der Waals surface area contributed by atoms with Crippen LogP contribution in [0.3, 0.4) is 0 Å². The van der Waals surface area contributed by atoms with Crippen molar-refractivity contribution in [1.82, 2.24) is 4.90 Å². The van der Waals surface area contributed by atoms with Gasteiger partial charge in [0, 0.05) is 11.3 Å². The van der Waals surface area contributed by atoms with Crippen molar-refractivity contribution in [2.24, 2.45) is 0 Å². The summed E-state index contributed by atoms with van der Waals surface area (Å²) in [5, 5.41) is 9.88. The van der Waals surface area contributed by atoms with Crippen LogP contribution in [0.5, 0.6) is 0 Å². The number of hydrogen-bond donors (Lipinski definition) is 2. The van der Waals surface area contributed by atoms with Gasteiger partial charge in [-0.3, -0.25) is 4.79 Å². The van der Waals surface area contributed by atoms with Gasteiger partial charge in [-0.2, -0.15) is 0 Å². The molecule has 1 aromatic carbocycles. The molecule has 17 heavy (non-hydrogen) atoms. The number of carbonyl (C=O) groups excluding carboxylic acids is 1. The van der Waals surface area contributed by atoms with Gasteiger partial charge in [0.05, 0.1) is 18.7 Å². The molecule has 0 radical (unpaired) electrons. The lowest BCUT2D eigenvalue weighted by molar-refractivity contribution is -0.0826. The fourth-order valence-corrected chi connectivity index (χ4v) is 2.15. The Bertz CT molecular complexity index is 430. The molecule has 1 saturated heterocycles. The molecule has 1 aliphatic heterocycles. The second-order valence-corrected chi connectivity index (χ2v) is 4.87. The molecule has 0 aromatic heterocycles. The molecule has 1 aromatic rings. The first-order valence-electron chi connectivity index (χ1n) is 5.82. The smallest absolute Gasteiger partial charge is 0.254 e. The lowest BCUT2D eigenvalue weighted by Gasteiger charge is -2.46. The van der Waals surface area contributed by atoms with E-state index in [1.54, 1.807) is 11.0 Å². The maximum absolute atomic E-state index is 12.1. The Morgan fingerprint density at radius 1 is 1.47 bits per heavy atom. The predicted octanol–water partition coefficient (Wildman–Crippen LogP) is 1.17. The van der Waals surface area contributed by atoms with Crippen LogP contribution in [0.1, 0.15) is 29.3 Å². The molecule has 1 heterocycles. The maximum Gasteiger partial charge on any atom is 0.254 e. The zero-order chi connectivity index (χ0) is 12.6. The largest absolute Gasteiger partial charge is 0.399 e. The molecule has 1 amide bonds. The number of anilines is 1. The third kappa shape index (κ3) is 2.26. The monoisotopic (exact) mass is 234 g/mol. The first-order valence-corrected chi connectivity index (χ1v) is 5.82. The number of aliphatic hydroxyl groups is 1. The van der Waals surface area contributed by atoms with Crippen molar-refractivity contribution in [2.75, 3.05) is 18.8 Å². The van der Waals surface area contributed by atoms with E-state index in [4.69, 9.17) is 5.73 Å². The van der Waals surface area contributed by atoms with Crippen LogP contribution in [0, 0.1) is 6.92 Å². The standard InChI is InChI=1S/C13H18N2O2/c1-3-13(17)7-15(8-13)12(16)10-4-9(2)5-11(14)6-10/h4-6,17H,3,7-8,14H2,1-2H3. The summed E-state index contributed by atoms with van der Waals surface area (Å²) in [5.41, 5.74) is 7.19. The lowest BCUT2D eigenvalue weighted by Crippen LogP contribution is -2.63. The van der Waals surface area contributed by atoms with Gasteiger partial charge in [0.1, 0.15) is 0 Å². The molecule has 0 atom stereocenters. The summed E-state index contributed by atoms with van der Waals surface area (Å²) in [5.74, 6) is -0.0569. The van der Waals surface area contributed by atoms with E-state index in [2.05, 4.69) is 0 Å². The van der Waals surface area contributed by atoms with Crippen LogP contribution in [0.25, 0.3) is 0 Å². The molecule has 1 aliphatic rings. The third-order valence-corrected chi connectivity index (χ3v) is 3.26. The number of carbonyl (C=O) groups is 1. The molecule has 2 rings (SSSR count). The van der Waals surface area contributed by atoms with E-state index >= 15 is 0 Å². The molecule has 4 heteroatoms. The first-order chi connectivity index (χ1) is 7.93. The zero-order valence-corrected chi connectivity index (χ0v) is 10.2. The van der Waals surface area contributed by atoms with Gasteiger partial charge in [0.15, 0.2) is 0 Å². The van der Waals surface area contributed by atoms with E-state index in [1.807, 2.05) is 26.0 Å². The Kier molecular flexibility index (Phi) is 2.83. The quantitative estimate of drug-likeness (QED) is 0.755. The number of β-amino-alcohol motifs (C(OH)–C–C–N with tert-alkyl or cyclic N) is 1. The molecule has 0 spiro atoms. The topological polar surface area (TPSA) is 66.6 Å². The van der Waals surface area contributed by atoms with Crippen molar-refractivity contribution in [3.05, 3.63) is 29.3 Å². The van der Waals surface area contributed by atoms with Gasteiger partial charge in [0.25, 0.3) is 5.91 Å². The number of nitrogens with two attached hydrogens (primary N) is 1. The van der Waals surface area contributed by atoms with E-state index in [0.717, 1.165) is 5.56 Å². The number of aryl methyl sites for hydroxylation is 1. The molecule has 1 fully saturated rings. The average molecular weight is 234 g/mol. The number of nitrogen functional groups attached to an aromatic ring is 1. The van der Waals surface area contributed by atoms with Gasteiger partial charge in [-0.15, -0.1) is 0 Å². The second-order valence-electron chi connectivity index (χ2n) is 4.87. The van der Waals surface area contributed by atoms with Crippen LogP contribution in [-0.2, 0) is 0 Å². The van der Waals surface area contributed by atoms with E-state index in [9.17, 15) is 9.90 Å². The summed E-state index contributed by atoms with van der Waals surface area (Å²) >= 11 is 0. The highest BCUT2D eigenvalue weighted by molar-refractivity contribution is 5.96. The highest BCUT2D eigenvalue weighted by atomic mass is 16.3. The van der Waals surface area contributed by atoms with Crippen LogP contribution < -0.4 is 5.73 Å². The van der Waals surface area contributed by atoms with Crippen LogP contribution in [0.15, 0.2) is 18.2 Å². The van der Waals surface area contributed by atoms with Crippen LogP contribution in [0.2, 0.25) is 0 Å². The van der Waals surface area contributed by atoms with E-state index in [1.165, 1.54) is 0 Å². The van der Waals surface area contributed by atoms with Crippen molar-refractivity contribution in [2.45, 2.75) is 25.9 Å². The average Bonchev–Trinajstić information content (AvgIpc) is 2.22. The molecule has 92 valence electrons. The molecule has 0 bridgehead atoms. The van der Waals surface area contributed by atoms with Crippen LogP contribution >= 0.6 is 0 Å². The molecule has 0 aliphatic carbocycles. The minimum atomic E-state index is -0.689. The fraction of sp³-hybridized carbons (Fsp3) is 0.462. The van der Waals surface area contributed by atoms with Gasteiger partial charge in [-0.05, 0) is 37.1 Å². The van der Waals surface area contributed by atoms with Crippen molar-refractivity contribution < 1.29 is 9.90 Å². The molecule has 0 unspecified atom stereocenters. The summed E-state index contributed by atoms with van der Waals surface area (Å²) in [6, 6.07) is 5.33. The molecular weight excluding hydrogens is 216 g/mol. The maximum atomic E-state index is 12.1. The van der Waals surface area contributed by atoms with Crippen molar-refractivity contribution in [3.63, 3.8) is 0 Å². The van der Waals surface area contributed by atoms with Gasteiger partial charge in [0.2, 0.25) is 0 Å². The van der Waals surface area contributed by atoms with E-state index < -0.39 is 5.60 Å². The number of rotatable bonds is 2. The Morgan fingerprint density at radius 3 is 2.65 bits per heavy atom. The zero-order valence-electron chi connectivity index (χ0n) is 10.2. The fourth-order valence-electron chi connectivity index (χ4n) is 2.15. The third-order valence-electron chi connectivity index (χ3n) is 3.26. The Balaban J connectivity index is 2.11. The van der Waals surface area contributed by atoms with E-state index in [-0.39, 0.29) is 5.91 Å². The van der Waals surface area contributed by atoms with Gasteiger partial charge < -0.3 is 15.7 Å². The van der Waals surface area contributed by atoms with Gasteiger partial charge >= 0.3 is 0 Å². The number of benzene rings is 1.